The first-order valence-corrected chi connectivity index (χ1v) is 5.76. The number of carboxylic acids is 1. The molecule has 1 aromatic heterocycles. The maximum Gasteiger partial charge on any atom is 0.339 e. The summed E-state index contributed by atoms with van der Waals surface area (Å²) in [6.45, 7) is 0. The van der Waals surface area contributed by atoms with Gasteiger partial charge in [0, 0.05) is 7.05 Å². The maximum atomic E-state index is 13.7. The molecule has 2 rings (SSSR count). The number of carbonyl (C=O) groups is 1. The minimum atomic E-state index is -1.15. The van der Waals surface area contributed by atoms with Gasteiger partial charge in [0.05, 0.1) is 5.69 Å². The van der Waals surface area contributed by atoms with E-state index in [0.717, 1.165) is 0 Å². The van der Waals surface area contributed by atoms with Crippen LogP contribution in [0.3, 0.4) is 0 Å². The average Bonchev–Trinajstić information content (AvgIpc) is 2.38. The van der Waals surface area contributed by atoms with E-state index in [1.54, 1.807) is 12.1 Å². The third-order valence-electron chi connectivity index (χ3n) is 2.60. The van der Waals surface area contributed by atoms with Crippen molar-refractivity contribution in [1.29, 1.82) is 0 Å². The number of carboxylic acid groups (broad SMARTS) is 1. The first kappa shape index (κ1) is 13.3. The monoisotopic (exact) mass is 280 g/mol. The number of aromatic nitrogens is 1. The number of halogens is 2. The Morgan fingerprint density at radius 2 is 2.00 bits per heavy atom. The van der Waals surface area contributed by atoms with Crippen LogP contribution in [0.4, 0.5) is 15.9 Å². The molecule has 0 aliphatic heterocycles. The van der Waals surface area contributed by atoms with Gasteiger partial charge in [0.1, 0.15) is 22.4 Å². The Morgan fingerprint density at radius 1 is 1.32 bits per heavy atom. The fraction of sp³-hybridized carbons (Fsp3) is 0.0769. The average molecular weight is 281 g/mol. The highest BCUT2D eigenvalue weighted by Crippen LogP contribution is 2.28. The molecular weight excluding hydrogens is 271 g/mol. The minimum Gasteiger partial charge on any atom is -0.478 e. The van der Waals surface area contributed by atoms with Crippen molar-refractivity contribution in [1.82, 2.24) is 4.98 Å². The predicted octanol–water partition coefficient (Wildman–Crippen LogP) is 3.34. The molecule has 0 saturated heterocycles. The van der Waals surface area contributed by atoms with Crippen LogP contribution in [0.25, 0.3) is 0 Å². The van der Waals surface area contributed by atoms with Gasteiger partial charge in [-0.05, 0) is 24.3 Å². The number of hydrogen-bond acceptors (Lipinski definition) is 3. The van der Waals surface area contributed by atoms with Crippen molar-refractivity contribution in [3.8, 4) is 0 Å². The van der Waals surface area contributed by atoms with E-state index in [1.165, 1.54) is 36.2 Å². The molecule has 0 unspecified atom stereocenters. The van der Waals surface area contributed by atoms with Gasteiger partial charge in [-0.2, -0.15) is 0 Å². The molecule has 1 heterocycles. The van der Waals surface area contributed by atoms with Crippen LogP contribution < -0.4 is 4.90 Å². The first-order chi connectivity index (χ1) is 9.00. The van der Waals surface area contributed by atoms with Gasteiger partial charge in [0.25, 0.3) is 0 Å². The molecule has 0 fully saturated rings. The summed E-state index contributed by atoms with van der Waals surface area (Å²) < 4.78 is 13.7. The summed E-state index contributed by atoms with van der Waals surface area (Å²) in [6, 6.07) is 8.74. The fourth-order valence-electron chi connectivity index (χ4n) is 1.69. The van der Waals surface area contributed by atoms with Crippen LogP contribution in [0, 0.1) is 5.82 Å². The molecule has 0 saturated carbocycles. The molecular formula is C13H10ClFN2O2. The number of hydrogen-bond donors (Lipinski definition) is 1. The molecule has 0 aliphatic rings. The Morgan fingerprint density at radius 3 is 2.63 bits per heavy atom. The topological polar surface area (TPSA) is 53.4 Å². The highest BCUT2D eigenvalue weighted by molar-refractivity contribution is 6.29. The van der Waals surface area contributed by atoms with Gasteiger partial charge in [-0.3, -0.25) is 0 Å². The summed E-state index contributed by atoms with van der Waals surface area (Å²) in [5.41, 5.74) is 0.176. The lowest BCUT2D eigenvalue weighted by atomic mass is 10.2. The number of nitrogens with zero attached hydrogens (tertiary/aromatic N) is 2. The smallest absolute Gasteiger partial charge is 0.339 e. The Balaban J connectivity index is 2.55. The van der Waals surface area contributed by atoms with E-state index in [1.807, 2.05) is 0 Å². The van der Waals surface area contributed by atoms with Crippen LogP contribution in [0.5, 0.6) is 0 Å². The number of pyridine rings is 1. The second-order valence-electron chi connectivity index (χ2n) is 3.82. The number of benzene rings is 1. The van der Waals surface area contributed by atoms with E-state index in [2.05, 4.69) is 4.98 Å². The van der Waals surface area contributed by atoms with Gasteiger partial charge in [-0.1, -0.05) is 23.7 Å². The van der Waals surface area contributed by atoms with Crippen molar-refractivity contribution >= 4 is 29.1 Å². The lowest BCUT2D eigenvalue weighted by molar-refractivity contribution is 0.0697. The molecule has 4 nitrogen and oxygen atoms in total. The summed E-state index contributed by atoms with van der Waals surface area (Å²) in [5, 5.41) is 9.26. The number of rotatable bonds is 3. The normalized spacial score (nSPS) is 10.3. The molecule has 2 aromatic rings. The van der Waals surface area contributed by atoms with Gasteiger partial charge < -0.3 is 10.0 Å². The minimum absolute atomic E-state index is 0.0462. The van der Waals surface area contributed by atoms with Crippen molar-refractivity contribution in [2.75, 3.05) is 11.9 Å². The second-order valence-corrected chi connectivity index (χ2v) is 4.21. The lowest BCUT2D eigenvalue weighted by Gasteiger charge is -2.20. The number of anilines is 2. The summed E-state index contributed by atoms with van der Waals surface area (Å²) in [7, 11) is 1.53. The van der Waals surface area contributed by atoms with Crippen molar-refractivity contribution in [2.45, 2.75) is 0 Å². The third kappa shape index (κ3) is 2.66. The van der Waals surface area contributed by atoms with E-state index in [9.17, 15) is 9.18 Å². The van der Waals surface area contributed by atoms with Gasteiger partial charge in [0.15, 0.2) is 0 Å². The molecule has 0 atom stereocenters. The van der Waals surface area contributed by atoms with E-state index in [-0.39, 0.29) is 22.2 Å². The molecule has 0 radical (unpaired) electrons. The zero-order valence-electron chi connectivity index (χ0n) is 9.97. The Bertz CT molecular complexity index is 634. The molecule has 0 aliphatic carbocycles. The van der Waals surface area contributed by atoms with Crippen LogP contribution in [0.15, 0.2) is 36.4 Å². The maximum absolute atomic E-state index is 13.7. The van der Waals surface area contributed by atoms with Gasteiger partial charge in [0.2, 0.25) is 0 Å². The summed E-state index contributed by atoms with van der Waals surface area (Å²) in [6.07, 6.45) is 0. The molecule has 0 bridgehead atoms. The van der Waals surface area contributed by atoms with Crippen LogP contribution in [0.2, 0.25) is 5.15 Å². The highest BCUT2D eigenvalue weighted by Gasteiger charge is 2.18. The van der Waals surface area contributed by atoms with E-state index in [4.69, 9.17) is 16.7 Å². The highest BCUT2D eigenvalue weighted by atomic mass is 35.5. The van der Waals surface area contributed by atoms with Crippen LogP contribution in [-0.2, 0) is 0 Å². The van der Waals surface area contributed by atoms with Crippen molar-refractivity contribution in [3.05, 3.63) is 52.9 Å². The fourth-order valence-corrected chi connectivity index (χ4v) is 1.83. The van der Waals surface area contributed by atoms with Gasteiger partial charge in [-0.15, -0.1) is 0 Å². The first-order valence-electron chi connectivity index (χ1n) is 5.39. The summed E-state index contributed by atoms with van der Waals surface area (Å²) in [5.74, 6) is -1.53. The molecule has 0 spiro atoms. The zero-order valence-corrected chi connectivity index (χ0v) is 10.7. The van der Waals surface area contributed by atoms with Crippen molar-refractivity contribution in [3.63, 3.8) is 0 Å². The van der Waals surface area contributed by atoms with Gasteiger partial charge in [-0.25, -0.2) is 14.2 Å². The van der Waals surface area contributed by atoms with Gasteiger partial charge >= 0.3 is 5.97 Å². The number of aromatic carboxylic acids is 1. The van der Waals surface area contributed by atoms with E-state index < -0.39 is 11.8 Å². The summed E-state index contributed by atoms with van der Waals surface area (Å²) in [4.78, 5) is 16.5. The molecule has 6 heteroatoms. The van der Waals surface area contributed by atoms with E-state index in [0.29, 0.717) is 0 Å². The van der Waals surface area contributed by atoms with Crippen LogP contribution in [-0.4, -0.2) is 23.1 Å². The predicted molar refractivity (Wildman–Crippen MR) is 70.7 cm³/mol. The SMILES string of the molecule is CN(c1ccccc1F)c1nc(Cl)ccc1C(=O)O. The Hall–Kier alpha value is -2.14. The van der Waals surface area contributed by atoms with Crippen molar-refractivity contribution in [2.24, 2.45) is 0 Å². The van der Waals surface area contributed by atoms with Crippen LogP contribution >= 0.6 is 11.6 Å². The Kier molecular flexibility index (Phi) is 3.66. The Labute approximate surface area is 114 Å². The molecule has 19 heavy (non-hydrogen) atoms. The lowest BCUT2D eigenvalue weighted by Crippen LogP contribution is -2.17. The molecule has 0 amide bonds. The van der Waals surface area contributed by atoms with E-state index >= 15 is 0 Å². The van der Waals surface area contributed by atoms with Crippen LogP contribution in [0.1, 0.15) is 10.4 Å². The molecule has 1 N–H and O–H groups in total. The second kappa shape index (κ2) is 5.24. The largest absolute Gasteiger partial charge is 0.478 e. The standard InChI is InChI=1S/C13H10ClFN2O2/c1-17(10-5-3-2-4-9(10)15)12-8(13(18)19)6-7-11(14)16-12/h2-7H,1H3,(H,18,19). The third-order valence-corrected chi connectivity index (χ3v) is 2.81. The molecule has 1 aromatic carbocycles. The summed E-state index contributed by atoms with van der Waals surface area (Å²) >= 11 is 5.77. The number of para-hydroxylation sites is 1. The molecule has 98 valence electrons. The van der Waals surface area contributed by atoms with Crippen molar-refractivity contribution < 1.29 is 14.3 Å². The quantitative estimate of drug-likeness (QED) is 0.876. The zero-order chi connectivity index (χ0) is 14.0.